The van der Waals surface area contributed by atoms with E-state index in [-0.39, 0.29) is 17.9 Å². The van der Waals surface area contributed by atoms with Crippen molar-refractivity contribution in [3.63, 3.8) is 0 Å². The van der Waals surface area contributed by atoms with Crippen molar-refractivity contribution in [3.8, 4) is 0 Å². The Balaban J connectivity index is 0.00000133. The molecule has 1 saturated carbocycles. The molecule has 2 aromatic heterocycles. The molecule has 2 heterocycles. The average molecular weight is 301 g/mol. The topological polar surface area (TPSA) is 77.8 Å². The molecule has 0 saturated heterocycles. The van der Waals surface area contributed by atoms with Crippen LogP contribution in [0.15, 0.2) is 16.1 Å². The van der Waals surface area contributed by atoms with E-state index in [0.717, 1.165) is 43.5 Å². The second kappa shape index (κ2) is 5.98. The summed E-state index contributed by atoms with van der Waals surface area (Å²) in [5.74, 6) is 1.34. The highest BCUT2D eigenvalue weighted by Gasteiger charge is 2.35. The fourth-order valence-corrected chi connectivity index (χ4v) is 3.00. The SMILES string of the molecule is Cl.NC1(c2noc(CCc3nccs3)n2)CCCC1. The summed E-state index contributed by atoms with van der Waals surface area (Å²) in [5, 5.41) is 7.11. The Hall–Kier alpha value is -0.980. The van der Waals surface area contributed by atoms with Crippen molar-refractivity contribution in [1.82, 2.24) is 15.1 Å². The second-order valence-corrected chi connectivity index (χ2v) is 5.78. The van der Waals surface area contributed by atoms with Crippen molar-refractivity contribution >= 4 is 23.7 Å². The van der Waals surface area contributed by atoms with Crippen molar-refractivity contribution in [1.29, 1.82) is 0 Å². The van der Waals surface area contributed by atoms with Gasteiger partial charge in [0.25, 0.3) is 0 Å². The molecule has 1 fully saturated rings. The average Bonchev–Trinajstić information content (AvgIpc) is 3.08. The van der Waals surface area contributed by atoms with Crippen molar-refractivity contribution in [2.75, 3.05) is 0 Å². The van der Waals surface area contributed by atoms with Gasteiger partial charge in [-0.1, -0.05) is 18.0 Å². The molecule has 3 rings (SSSR count). The minimum absolute atomic E-state index is 0. The number of hydrogen-bond acceptors (Lipinski definition) is 6. The molecule has 7 heteroatoms. The number of hydrogen-bond donors (Lipinski definition) is 1. The highest BCUT2D eigenvalue weighted by molar-refractivity contribution is 7.09. The first-order valence-electron chi connectivity index (χ1n) is 6.27. The maximum absolute atomic E-state index is 6.29. The number of rotatable bonds is 4. The standard InChI is InChI=1S/C12H16N4OS.ClH/c13-12(5-1-2-6-12)11-15-9(17-16-11)3-4-10-14-7-8-18-10;/h7-8H,1-6,13H2;1H. The van der Waals surface area contributed by atoms with Crippen LogP contribution in [0.3, 0.4) is 0 Å². The molecule has 0 aliphatic heterocycles. The van der Waals surface area contributed by atoms with Gasteiger partial charge in [0.05, 0.1) is 10.5 Å². The van der Waals surface area contributed by atoms with E-state index in [4.69, 9.17) is 10.3 Å². The number of aromatic nitrogens is 3. The fourth-order valence-electron chi connectivity index (χ4n) is 2.38. The maximum atomic E-state index is 6.29. The highest BCUT2D eigenvalue weighted by atomic mass is 35.5. The summed E-state index contributed by atoms with van der Waals surface area (Å²) >= 11 is 1.65. The summed E-state index contributed by atoms with van der Waals surface area (Å²) in [7, 11) is 0. The molecule has 0 amide bonds. The largest absolute Gasteiger partial charge is 0.339 e. The van der Waals surface area contributed by atoms with Gasteiger partial charge in [0, 0.05) is 24.4 Å². The Kier molecular flexibility index (Phi) is 4.54. The van der Waals surface area contributed by atoms with Crippen molar-refractivity contribution in [2.24, 2.45) is 5.73 Å². The van der Waals surface area contributed by atoms with Crippen molar-refractivity contribution < 1.29 is 4.52 Å². The normalized spacial score (nSPS) is 17.3. The fraction of sp³-hybridized carbons (Fsp3) is 0.583. The lowest BCUT2D eigenvalue weighted by molar-refractivity contribution is 0.348. The number of halogens is 1. The van der Waals surface area contributed by atoms with Crippen LogP contribution in [-0.4, -0.2) is 15.1 Å². The first-order chi connectivity index (χ1) is 8.76. The summed E-state index contributed by atoms with van der Waals surface area (Å²) in [4.78, 5) is 8.67. The first kappa shape index (κ1) is 14.4. The van der Waals surface area contributed by atoms with Gasteiger partial charge in [-0.3, -0.25) is 0 Å². The molecule has 0 unspecified atom stereocenters. The molecule has 0 atom stereocenters. The molecule has 2 N–H and O–H groups in total. The summed E-state index contributed by atoms with van der Waals surface area (Å²) in [6.45, 7) is 0. The van der Waals surface area contributed by atoms with Gasteiger partial charge in [0.2, 0.25) is 5.89 Å². The molecule has 0 bridgehead atoms. The monoisotopic (exact) mass is 300 g/mol. The van der Waals surface area contributed by atoms with E-state index in [1.165, 1.54) is 0 Å². The van der Waals surface area contributed by atoms with Gasteiger partial charge in [-0.05, 0) is 12.8 Å². The smallest absolute Gasteiger partial charge is 0.227 e. The van der Waals surface area contributed by atoms with Gasteiger partial charge in [0.15, 0.2) is 5.82 Å². The highest BCUT2D eigenvalue weighted by Crippen LogP contribution is 2.34. The molecule has 5 nitrogen and oxygen atoms in total. The molecule has 1 aliphatic rings. The zero-order chi connectivity index (χ0) is 12.4. The lowest BCUT2D eigenvalue weighted by Gasteiger charge is -2.17. The molecule has 0 aromatic carbocycles. The van der Waals surface area contributed by atoms with Crippen LogP contribution in [0.2, 0.25) is 0 Å². The predicted octanol–water partition coefficient (Wildman–Crippen LogP) is 2.46. The number of thiazole rings is 1. The first-order valence-corrected chi connectivity index (χ1v) is 7.15. The van der Waals surface area contributed by atoms with Crippen LogP contribution in [0.4, 0.5) is 0 Å². The van der Waals surface area contributed by atoms with E-state index >= 15 is 0 Å². The van der Waals surface area contributed by atoms with E-state index in [0.29, 0.717) is 11.7 Å². The third-order valence-electron chi connectivity index (χ3n) is 3.45. The van der Waals surface area contributed by atoms with Crippen LogP contribution < -0.4 is 5.73 Å². The number of nitrogens with zero attached hydrogens (tertiary/aromatic N) is 3. The Morgan fingerprint density at radius 2 is 2.11 bits per heavy atom. The van der Waals surface area contributed by atoms with Crippen LogP contribution in [0, 0.1) is 0 Å². The Labute approximate surface area is 122 Å². The van der Waals surface area contributed by atoms with Gasteiger partial charge in [0.1, 0.15) is 0 Å². The minimum Gasteiger partial charge on any atom is -0.339 e. The molecule has 0 spiro atoms. The van der Waals surface area contributed by atoms with Gasteiger partial charge in [-0.2, -0.15) is 4.98 Å². The summed E-state index contributed by atoms with van der Waals surface area (Å²) in [6, 6.07) is 0. The van der Waals surface area contributed by atoms with E-state index in [1.54, 1.807) is 11.3 Å². The van der Waals surface area contributed by atoms with Gasteiger partial charge < -0.3 is 10.3 Å². The molecule has 0 radical (unpaired) electrons. The van der Waals surface area contributed by atoms with E-state index < -0.39 is 0 Å². The predicted molar refractivity (Wildman–Crippen MR) is 75.4 cm³/mol. The van der Waals surface area contributed by atoms with E-state index in [9.17, 15) is 0 Å². The summed E-state index contributed by atoms with van der Waals surface area (Å²) in [6.07, 6.45) is 7.61. The van der Waals surface area contributed by atoms with Crippen molar-refractivity contribution in [2.45, 2.75) is 44.1 Å². The number of nitrogens with two attached hydrogens (primary N) is 1. The molecule has 2 aromatic rings. The third-order valence-corrected chi connectivity index (χ3v) is 4.28. The molecule has 104 valence electrons. The molecular weight excluding hydrogens is 284 g/mol. The zero-order valence-electron chi connectivity index (χ0n) is 10.5. The van der Waals surface area contributed by atoms with Crippen LogP contribution in [0.1, 0.15) is 42.4 Å². The Morgan fingerprint density at radius 3 is 2.79 bits per heavy atom. The summed E-state index contributed by atoms with van der Waals surface area (Å²) in [5.41, 5.74) is 5.93. The van der Waals surface area contributed by atoms with Gasteiger partial charge >= 0.3 is 0 Å². The molecular formula is C12H17ClN4OS. The van der Waals surface area contributed by atoms with E-state index in [2.05, 4.69) is 15.1 Å². The summed E-state index contributed by atoms with van der Waals surface area (Å²) < 4.78 is 5.28. The zero-order valence-corrected chi connectivity index (χ0v) is 12.2. The van der Waals surface area contributed by atoms with Gasteiger partial charge in [-0.15, -0.1) is 23.7 Å². The molecule has 19 heavy (non-hydrogen) atoms. The second-order valence-electron chi connectivity index (χ2n) is 4.80. The lowest BCUT2D eigenvalue weighted by Crippen LogP contribution is -2.34. The Morgan fingerprint density at radius 1 is 1.32 bits per heavy atom. The quantitative estimate of drug-likeness (QED) is 0.938. The third kappa shape index (κ3) is 3.13. The van der Waals surface area contributed by atoms with Crippen LogP contribution in [0.5, 0.6) is 0 Å². The number of aryl methyl sites for hydroxylation is 2. The van der Waals surface area contributed by atoms with Gasteiger partial charge in [-0.25, -0.2) is 4.98 Å². The lowest BCUT2D eigenvalue weighted by atomic mass is 9.99. The van der Waals surface area contributed by atoms with Crippen molar-refractivity contribution in [3.05, 3.63) is 28.3 Å². The van der Waals surface area contributed by atoms with Crippen LogP contribution >= 0.6 is 23.7 Å². The van der Waals surface area contributed by atoms with Crippen LogP contribution in [-0.2, 0) is 18.4 Å². The Bertz CT molecular complexity index is 508. The van der Waals surface area contributed by atoms with Crippen LogP contribution in [0.25, 0.3) is 0 Å². The minimum atomic E-state index is -0.358. The molecule has 1 aliphatic carbocycles. The maximum Gasteiger partial charge on any atom is 0.227 e. The van der Waals surface area contributed by atoms with E-state index in [1.807, 2.05) is 11.6 Å².